The quantitative estimate of drug-likeness (QED) is 0.766. The number of carbonyl (C=O) groups excluding carboxylic acids is 1. The van der Waals surface area contributed by atoms with Crippen LogP contribution < -0.4 is 0 Å². The number of carboxylic acids is 1. The van der Waals surface area contributed by atoms with E-state index < -0.39 is 28.4 Å². The van der Waals surface area contributed by atoms with Crippen LogP contribution in [0.5, 0.6) is 0 Å². The molecule has 2 rings (SSSR count). The number of carbonyl (C=O) groups is 2. The topological polar surface area (TPSA) is 107 Å². The maximum absolute atomic E-state index is 12.4. The average Bonchev–Trinajstić information content (AvgIpc) is 2.42. The molecule has 0 aromatic heterocycles. The van der Waals surface area contributed by atoms with Crippen LogP contribution in [-0.4, -0.2) is 65.9 Å². The van der Waals surface area contributed by atoms with Gasteiger partial charge in [-0.1, -0.05) is 0 Å². The van der Waals surface area contributed by atoms with Gasteiger partial charge in [0.1, 0.15) is 12.4 Å². The van der Waals surface area contributed by atoms with Crippen LogP contribution in [0, 0.1) is 0 Å². The summed E-state index contributed by atoms with van der Waals surface area (Å²) in [5, 5.41) is 8.90. The number of nitrogens with zero attached hydrogens (tertiary/aromatic N) is 3. The first-order valence-corrected chi connectivity index (χ1v) is 8.32. The van der Waals surface area contributed by atoms with Crippen molar-refractivity contribution in [2.24, 2.45) is 4.40 Å². The lowest BCUT2D eigenvalue weighted by Crippen LogP contribution is -2.43. The van der Waals surface area contributed by atoms with Crippen molar-refractivity contribution < 1.29 is 23.1 Å². The molecule has 22 heavy (non-hydrogen) atoms. The lowest BCUT2D eigenvalue weighted by Gasteiger charge is -2.30. The highest BCUT2D eigenvalue weighted by Crippen LogP contribution is 2.18. The fourth-order valence-electron chi connectivity index (χ4n) is 2.13. The number of carboxylic acid groups (broad SMARTS) is 1. The number of hydrogen-bond donors (Lipinski definition) is 1. The van der Waals surface area contributed by atoms with Gasteiger partial charge in [-0.3, -0.25) is 9.59 Å². The Morgan fingerprint density at radius 3 is 2.68 bits per heavy atom. The highest BCUT2D eigenvalue weighted by Gasteiger charge is 2.28. The zero-order chi connectivity index (χ0) is 16.5. The number of amidine groups is 1. The zero-order valence-electron chi connectivity index (χ0n) is 12.3. The average molecular weight is 327 g/mol. The van der Waals surface area contributed by atoms with Crippen molar-refractivity contribution in [3.8, 4) is 0 Å². The van der Waals surface area contributed by atoms with Crippen molar-refractivity contribution in [2.75, 3.05) is 18.8 Å². The van der Waals surface area contributed by atoms with Gasteiger partial charge < -0.3 is 14.9 Å². The summed E-state index contributed by atoms with van der Waals surface area (Å²) in [6.07, 6.45) is 4.41. The van der Waals surface area contributed by atoms with Gasteiger partial charge in [0, 0.05) is 18.8 Å². The lowest BCUT2D eigenvalue weighted by molar-refractivity contribution is -0.144. The van der Waals surface area contributed by atoms with Crippen molar-refractivity contribution >= 4 is 27.7 Å². The first-order chi connectivity index (χ1) is 10.2. The van der Waals surface area contributed by atoms with Gasteiger partial charge in [0.15, 0.2) is 0 Å². The standard InChI is InChI=1S/C13H17N3O5S/c1-9(2)16(8-12(17)18)13(19)10-3-4-11-14-22(20,21)6-5-15(11)7-10/h3-4,7,9H,5-6,8H2,1-2H3,(H,17,18). The van der Waals surface area contributed by atoms with E-state index in [4.69, 9.17) is 5.11 Å². The highest BCUT2D eigenvalue weighted by molar-refractivity contribution is 7.90. The molecular formula is C13H17N3O5S. The predicted molar refractivity (Wildman–Crippen MR) is 79.6 cm³/mol. The Kier molecular flexibility index (Phi) is 4.36. The summed E-state index contributed by atoms with van der Waals surface area (Å²) in [4.78, 5) is 26.1. The van der Waals surface area contributed by atoms with Crippen molar-refractivity contribution in [2.45, 2.75) is 19.9 Å². The van der Waals surface area contributed by atoms with Gasteiger partial charge in [-0.05, 0) is 26.0 Å². The molecule has 2 heterocycles. The minimum Gasteiger partial charge on any atom is -0.480 e. The summed E-state index contributed by atoms with van der Waals surface area (Å²) >= 11 is 0. The first-order valence-electron chi connectivity index (χ1n) is 6.71. The number of sulfonamides is 1. The Labute approximate surface area is 128 Å². The number of rotatable bonds is 4. The number of hydrogen-bond acceptors (Lipinski definition) is 5. The monoisotopic (exact) mass is 327 g/mol. The zero-order valence-corrected chi connectivity index (χ0v) is 13.1. The van der Waals surface area contributed by atoms with Crippen LogP contribution in [0.25, 0.3) is 0 Å². The minimum absolute atomic E-state index is 0.120. The van der Waals surface area contributed by atoms with Gasteiger partial charge in [0.25, 0.3) is 15.9 Å². The third-order valence-electron chi connectivity index (χ3n) is 3.26. The Bertz CT molecular complexity index is 690. The maximum atomic E-state index is 12.4. The summed E-state index contributed by atoms with van der Waals surface area (Å²) in [5.41, 5.74) is 0.299. The Morgan fingerprint density at radius 1 is 1.41 bits per heavy atom. The van der Waals surface area contributed by atoms with E-state index in [0.29, 0.717) is 5.57 Å². The van der Waals surface area contributed by atoms with E-state index in [1.54, 1.807) is 18.7 Å². The molecule has 0 radical (unpaired) electrons. The summed E-state index contributed by atoms with van der Waals surface area (Å²) in [6.45, 7) is 3.28. The minimum atomic E-state index is -3.44. The number of aliphatic carboxylic acids is 1. The van der Waals surface area contributed by atoms with Crippen LogP contribution in [0.2, 0.25) is 0 Å². The molecule has 0 unspecified atom stereocenters. The molecule has 2 aliphatic heterocycles. The molecular weight excluding hydrogens is 310 g/mol. The molecule has 0 aromatic rings. The molecule has 0 aromatic carbocycles. The van der Waals surface area contributed by atoms with Crippen molar-refractivity contribution in [1.82, 2.24) is 9.80 Å². The molecule has 1 amide bonds. The normalized spacial score (nSPS) is 19.3. The predicted octanol–water partition coefficient (Wildman–Crippen LogP) is -0.194. The van der Waals surface area contributed by atoms with Gasteiger partial charge in [0.2, 0.25) is 0 Å². The molecule has 9 heteroatoms. The van der Waals surface area contributed by atoms with Crippen LogP contribution >= 0.6 is 0 Å². The van der Waals surface area contributed by atoms with Gasteiger partial charge >= 0.3 is 5.97 Å². The van der Waals surface area contributed by atoms with Crippen LogP contribution in [0.3, 0.4) is 0 Å². The molecule has 8 nitrogen and oxygen atoms in total. The van der Waals surface area contributed by atoms with Crippen molar-refractivity contribution in [3.05, 3.63) is 23.9 Å². The lowest BCUT2D eigenvalue weighted by atomic mass is 10.1. The van der Waals surface area contributed by atoms with Gasteiger partial charge in [-0.15, -0.1) is 4.40 Å². The van der Waals surface area contributed by atoms with Crippen molar-refractivity contribution in [1.29, 1.82) is 0 Å². The van der Waals surface area contributed by atoms with E-state index in [2.05, 4.69) is 4.40 Å². The molecule has 0 saturated heterocycles. The molecule has 0 bridgehead atoms. The summed E-state index contributed by atoms with van der Waals surface area (Å²) in [7, 11) is -3.44. The fraction of sp³-hybridized carbons (Fsp3) is 0.462. The smallest absolute Gasteiger partial charge is 0.323 e. The first kappa shape index (κ1) is 16.2. The maximum Gasteiger partial charge on any atom is 0.323 e. The molecule has 0 aliphatic carbocycles. The Balaban J connectivity index is 2.24. The van der Waals surface area contributed by atoms with Gasteiger partial charge in [-0.2, -0.15) is 0 Å². The molecule has 0 atom stereocenters. The highest BCUT2D eigenvalue weighted by atomic mass is 32.2. The summed E-state index contributed by atoms with van der Waals surface area (Å²) in [6, 6.07) is -0.269. The SMILES string of the molecule is CC(C)N(CC(=O)O)C(=O)C1=CN2CCS(=O)(=O)N=C2C=C1. The van der Waals surface area contributed by atoms with Crippen LogP contribution in [0.4, 0.5) is 0 Å². The summed E-state index contributed by atoms with van der Waals surface area (Å²) in [5.74, 6) is -1.36. The van der Waals surface area contributed by atoms with Crippen LogP contribution in [0.1, 0.15) is 13.8 Å². The largest absolute Gasteiger partial charge is 0.480 e. The number of amides is 1. The van der Waals surface area contributed by atoms with E-state index >= 15 is 0 Å². The van der Waals surface area contributed by atoms with Crippen LogP contribution in [-0.2, 0) is 19.6 Å². The third-order valence-corrected chi connectivity index (χ3v) is 4.42. The molecule has 0 spiro atoms. The fourth-order valence-corrected chi connectivity index (χ4v) is 3.10. The second kappa shape index (κ2) is 5.91. The molecule has 120 valence electrons. The molecule has 0 saturated carbocycles. The van der Waals surface area contributed by atoms with Gasteiger partial charge in [-0.25, -0.2) is 8.42 Å². The Morgan fingerprint density at radius 2 is 2.09 bits per heavy atom. The molecule has 0 fully saturated rings. The second-order valence-electron chi connectivity index (χ2n) is 5.27. The van der Waals surface area contributed by atoms with Crippen molar-refractivity contribution in [3.63, 3.8) is 0 Å². The molecule has 1 N–H and O–H groups in total. The van der Waals surface area contributed by atoms with Crippen LogP contribution in [0.15, 0.2) is 28.3 Å². The van der Waals surface area contributed by atoms with E-state index in [1.165, 1.54) is 23.3 Å². The van der Waals surface area contributed by atoms with E-state index in [1.807, 2.05) is 0 Å². The van der Waals surface area contributed by atoms with E-state index in [-0.39, 0.29) is 24.2 Å². The summed E-state index contributed by atoms with van der Waals surface area (Å²) < 4.78 is 26.5. The number of fused-ring (bicyclic) bond motifs is 1. The third kappa shape index (κ3) is 3.53. The van der Waals surface area contributed by atoms with Gasteiger partial charge in [0.05, 0.1) is 11.3 Å². The van der Waals surface area contributed by atoms with E-state index in [0.717, 1.165) is 0 Å². The second-order valence-corrected chi connectivity index (χ2v) is 7.02. The van der Waals surface area contributed by atoms with E-state index in [9.17, 15) is 18.0 Å². The molecule has 2 aliphatic rings. The Hall–Kier alpha value is -2.16.